The summed E-state index contributed by atoms with van der Waals surface area (Å²) in [6.45, 7) is 9.36. The van der Waals surface area contributed by atoms with Gasteiger partial charge in [-0.05, 0) is 49.5 Å². The van der Waals surface area contributed by atoms with Gasteiger partial charge in [0.25, 0.3) is 0 Å². The Morgan fingerprint density at radius 1 is 1.09 bits per heavy atom. The van der Waals surface area contributed by atoms with Gasteiger partial charge in [0.1, 0.15) is 0 Å². The summed E-state index contributed by atoms with van der Waals surface area (Å²) < 4.78 is 0. The molecule has 0 saturated carbocycles. The summed E-state index contributed by atoms with van der Waals surface area (Å²) in [6, 6.07) is 8.71. The van der Waals surface area contributed by atoms with E-state index in [1.807, 2.05) is 12.4 Å². The lowest BCUT2D eigenvalue weighted by Crippen LogP contribution is -2.35. The maximum Gasteiger partial charge on any atom is 0.0346 e. The minimum Gasteiger partial charge on any atom is -0.302 e. The molecule has 0 amide bonds. The van der Waals surface area contributed by atoms with Crippen LogP contribution in [0.1, 0.15) is 38.2 Å². The Morgan fingerprint density at radius 3 is 2.70 bits per heavy atom. The number of aromatic nitrogens is 1. The van der Waals surface area contributed by atoms with Crippen LogP contribution in [-0.2, 0) is 6.54 Å². The lowest BCUT2D eigenvalue weighted by molar-refractivity contribution is 0.208. The lowest BCUT2D eigenvalue weighted by Gasteiger charge is -2.26. The van der Waals surface area contributed by atoms with Crippen LogP contribution in [0.2, 0.25) is 0 Å². The second kappa shape index (κ2) is 8.42. The second-order valence-corrected chi connectivity index (χ2v) is 6.64. The molecule has 1 saturated heterocycles. The van der Waals surface area contributed by atoms with Crippen LogP contribution in [0.5, 0.6) is 0 Å². The molecule has 0 unspecified atom stereocenters. The third-order valence-electron chi connectivity index (χ3n) is 5.04. The van der Waals surface area contributed by atoms with Crippen molar-refractivity contribution in [1.29, 1.82) is 0 Å². The normalized spacial score (nSPS) is 16.8. The highest BCUT2D eigenvalue weighted by molar-refractivity contribution is 5.84. The Hall–Kier alpha value is -1.45. The van der Waals surface area contributed by atoms with Crippen LogP contribution in [0.25, 0.3) is 10.8 Å². The number of hydrogen-bond donors (Lipinski definition) is 0. The Bertz CT molecular complexity index is 597. The Labute approximate surface area is 140 Å². The summed E-state index contributed by atoms with van der Waals surface area (Å²) in [5.74, 6) is 0. The van der Waals surface area contributed by atoms with E-state index in [1.165, 1.54) is 61.7 Å². The third-order valence-corrected chi connectivity index (χ3v) is 5.04. The van der Waals surface area contributed by atoms with Gasteiger partial charge in [-0.25, -0.2) is 0 Å². The van der Waals surface area contributed by atoms with Crippen molar-refractivity contribution >= 4 is 10.8 Å². The van der Waals surface area contributed by atoms with Gasteiger partial charge in [0, 0.05) is 37.4 Å². The molecule has 124 valence electrons. The van der Waals surface area contributed by atoms with Crippen molar-refractivity contribution in [2.75, 3.05) is 32.7 Å². The Kier molecular flexibility index (Phi) is 6.00. The smallest absolute Gasteiger partial charge is 0.0346 e. The summed E-state index contributed by atoms with van der Waals surface area (Å²) >= 11 is 0. The van der Waals surface area contributed by atoms with Crippen molar-refractivity contribution in [3.05, 3.63) is 42.2 Å². The number of hydrogen-bond acceptors (Lipinski definition) is 3. The van der Waals surface area contributed by atoms with Crippen molar-refractivity contribution < 1.29 is 0 Å². The van der Waals surface area contributed by atoms with E-state index in [1.54, 1.807) is 0 Å². The van der Waals surface area contributed by atoms with Crippen LogP contribution in [0, 0.1) is 0 Å². The third kappa shape index (κ3) is 4.52. The number of pyridine rings is 1. The monoisotopic (exact) mass is 311 g/mol. The maximum atomic E-state index is 4.24. The first kappa shape index (κ1) is 16.4. The van der Waals surface area contributed by atoms with Crippen LogP contribution in [-0.4, -0.2) is 47.5 Å². The van der Waals surface area contributed by atoms with Crippen LogP contribution in [0.15, 0.2) is 36.7 Å². The number of benzene rings is 1. The molecule has 3 nitrogen and oxygen atoms in total. The molecule has 3 heteroatoms. The molecule has 0 spiro atoms. The maximum absolute atomic E-state index is 4.24. The SMILES string of the molecule is CCN(CCN1CCCCCC1)Cc1cccc2cnccc12. The van der Waals surface area contributed by atoms with Crippen LogP contribution < -0.4 is 0 Å². The van der Waals surface area contributed by atoms with E-state index in [9.17, 15) is 0 Å². The van der Waals surface area contributed by atoms with Gasteiger partial charge in [-0.2, -0.15) is 0 Å². The average Bonchev–Trinajstić information content (AvgIpc) is 2.87. The van der Waals surface area contributed by atoms with E-state index in [0.717, 1.165) is 19.6 Å². The first-order valence-corrected chi connectivity index (χ1v) is 9.13. The van der Waals surface area contributed by atoms with E-state index < -0.39 is 0 Å². The lowest BCUT2D eigenvalue weighted by atomic mass is 10.1. The minimum atomic E-state index is 1.03. The van der Waals surface area contributed by atoms with Crippen molar-refractivity contribution in [3.63, 3.8) is 0 Å². The molecule has 2 heterocycles. The average molecular weight is 311 g/mol. The molecule has 0 aliphatic carbocycles. The molecule has 0 N–H and O–H groups in total. The van der Waals surface area contributed by atoms with Crippen LogP contribution >= 0.6 is 0 Å². The van der Waals surface area contributed by atoms with Gasteiger partial charge in [0.2, 0.25) is 0 Å². The molecule has 23 heavy (non-hydrogen) atoms. The molecule has 0 radical (unpaired) electrons. The molecule has 0 bridgehead atoms. The molecule has 3 rings (SSSR count). The standard InChI is InChI=1S/C20H29N3/c1-2-22(14-15-23-12-5-3-4-6-13-23)17-19-9-7-8-18-16-21-11-10-20(18)19/h7-11,16H,2-6,12-15,17H2,1H3. The number of rotatable bonds is 6. The van der Waals surface area contributed by atoms with Crippen LogP contribution in [0.3, 0.4) is 0 Å². The Balaban J connectivity index is 1.62. The summed E-state index contributed by atoms with van der Waals surface area (Å²) in [4.78, 5) is 9.46. The molecular weight excluding hydrogens is 282 g/mol. The van der Waals surface area contributed by atoms with Crippen molar-refractivity contribution in [3.8, 4) is 0 Å². The van der Waals surface area contributed by atoms with Crippen molar-refractivity contribution in [2.45, 2.75) is 39.2 Å². The minimum absolute atomic E-state index is 1.03. The molecule has 2 aromatic rings. The Morgan fingerprint density at radius 2 is 1.91 bits per heavy atom. The first-order valence-electron chi connectivity index (χ1n) is 9.13. The van der Waals surface area contributed by atoms with E-state index in [-0.39, 0.29) is 0 Å². The fourth-order valence-corrected chi connectivity index (χ4v) is 3.56. The van der Waals surface area contributed by atoms with Crippen LogP contribution in [0.4, 0.5) is 0 Å². The number of fused-ring (bicyclic) bond motifs is 1. The van der Waals surface area contributed by atoms with Gasteiger partial charge in [-0.1, -0.05) is 38.0 Å². The van der Waals surface area contributed by atoms with Gasteiger partial charge in [0.05, 0.1) is 0 Å². The zero-order valence-electron chi connectivity index (χ0n) is 14.4. The largest absolute Gasteiger partial charge is 0.302 e. The predicted octanol–water partition coefficient (Wildman–Crippen LogP) is 3.93. The van der Waals surface area contributed by atoms with Crippen molar-refractivity contribution in [2.24, 2.45) is 0 Å². The summed E-state index contributed by atoms with van der Waals surface area (Å²) in [5.41, 5.74) is 1.42. The van der Waals surface area contributed by atoms with Gasteiger partial charge >= 0.3 is 0 Å². The van der Waals surface area contributed by atoms with Gasteiger partial charge < -0.3 is 4.90 Å². The zero-order valence-corrected chi connectivity index (χ0v) is 14.4. The van der Waals surface area contributed by atoms with E-state index in [4.69, 9.17) is 0 Å². The molecule has 1 aromatic heterocycles. The highest BCUT2D eigenvalue weighted by Gasteiger charge is 2.12. The highest BCUT2D eigenvalue weighted by atomic mass is 15.2. The molecule has 1 fully saturated rings. The number of likely N-dealkylation sites (tertiary alicyclic amines) is 1. The highest BCUT2D eigenvalue weighted by Crippen LogP contribution is 2.19. The van der Waals surface area contributed by atoms with E-state index >= 15 is 0 Å². The molecule has 1 aliphatic heterocycles. The molecule has 1 aromatic carbocycles. The predicted molar refractivity (Wildman–Crippen MR) is 97.6 cm³/mol. The summed E-state index contributed by atoms with van der Waals surface area (Å²) in [5, 5.41) is 2.59. The zero-order chi connectivity index (χ0) is 15.9. The summed E-state index contributed by atoms with van der Waals surface area (Å²) in [6.07, 6.45) is 9.45. The quantitative estimate of drug-likeness (QED) is 0.805. The molecule has 0 atom stereocenters. The summed E-state index contributed by atoms with van der Waals surface area (Å²) in [7, 11) is 0. The number of nitrogens with zero attached hydrogens (tertiary/aromatic N) is 3. The fourth-order valence-electron chi connectivity index (χ4n) is 3.56. The van der Waals surface area contributed by atoms with Crippen molar-refractivity contribution in [1.82, 2.24) is 14.8 Å². The van der Waals surface area contributed by atoms with Gasteiger partial charge in [-0.3, -0.25) is 9.88 Å². The molecule has 1 aliphatic rings. The van der Waals surface area contributed by atoms with Gasteiger partial charge in [-0.15, -0.1) is 0 Å². The van der Waals surface area contributed by atoms with E-state index in [2.05, 4.69) is 46.0 Å². The van der Waals surface area contributed by atoms with E-state index in [0.29, 0.717) is 0 Å². The fraction of sp³-hybridized carbons (Fsp3) is 0.550. The number of likely N-dealkylation sites (N-methyl/N-ethyl adjacent to an activating group) is 1. The topological polar surface area (TPSA) is 19.4 Å². The first-order chi connectivity index (χ1) is 11.4. The van der Waals surface area contributed by atoms with Gasteiger partial charge in [0.15, 0.2) is 0 Å². The molecular formula is C20H29N3. The second-order valence-electron chi connectivity index (χ2n) is 6.64.